The molecule has 2 atom stereocenters. The molecule has 0 unspecified atom stereocenters. The maximum Gasteiger partial charge on any atom is 0.341 e. The van der Waals surface area contributed by atoms with Crippen molar-refractivity contribution < 1.29 is 18.7 Å². The monoisotopic (exact) mass is 547 g/mol. The number of rotatable bonds is 5. The van der Waals surface area contributed by atoms with Gasteiger partial charge in [0.05, 0.1) is 40.3 Å². The number of hydrogen-bond donors (Lipinski definition) is 3. The Morgan fingerprint density at radius 1 is 1.18 bits per heavy atom. The molecule has 206 valence electrons. The number of carboxylic acids is 1. The first-order valence-corrected chi connectivity index (χ1v) is 12.7. The highest BCUT2D eigenvalue weighted by Gasteiger charge is 2.37. The zero-order valence-electron chi connectivity index (χ0n) is 22.3. The number of carboxylic acid groups (broad SMARTS) is 1. The third kappa shape index (κ3) is 3.86. The molecule has 1 fully saturated rings. The van der Waals surface area contributed by atoms with Crippen molar-refractivity contribution in [1.29, 1.82) is 0 Å². The maximum absolute atomic E-state index is 15.3. The number of aromatic carboxylic acids is 1. The summed E-state index contributed by atoms with van der Waals surface area (Å²) in [5.41, 5.74) is 2.68. The summed E-state index contributed by atoms with van der Waals surface area (Å²) in [5, 5.41) is 13.9. The second kappa shape index (κ2) is 9.26. The molecule has 1 saturated heterocycles. The Balaban J connectivity index is 1.68. The molecule has 1 aromatic carbocycles. The van der Waals surface area contributed by atoms with E-state index in [1.165, 1.54) is 22.9 Å². The van der Waals surface area contributed by atoms with Gasteiger partial charge in [0.15, 0.2) is 0 Å². The fraction of sp³-hybridized carbons (Fsp3) is 0.286. The third-order valence-corrected chi connectivity index (χ3v) is 7.69. The number of nitrogens with one attached hydrogen (secondary N) is 2. The van der Waals surface area contributed by atoms with Crippen LogP contribution in [-0.2, 0) is 7.05 Å². The van der Waals surface area contributed by atoms with E-state index in [4.69, 9.17) is 0 Å². The number of hydrogen-bond acceptors (Lipinski definition) is 7. The standard InChI is InChI=1S/C28H27F2N7O3/c1-31-20-7-14(29)6-15-22-24(37-11-19(30)21(12-37)35(2)3)17(9-32-26(22)34-23(15)20)13-5-16-25(38)18(28(39)40)10-36(4)27(16)33-8-13/h5-10,19,21,31H,11-12H2,1-4H3,(H,32,34)(H,39,40)/t19-,21-/m0/s1. The number of likely N-dealkylation sites (N-methyl/N-ethyl adjacent to an activating group) is 1. The molecule has 3 N–H and O–H groups in total. The van der Waals surface area contributed by atoms with Crippen molar-refractivity contribution in [2.45, 2.75) is 12.2 Å². The summed E-state index contributed by atoms with van der Waals surface area (Å²) >= 11 is 0. The largest absolute Gasteiger partial charge is 0.477 e. The number of benzene rings is 1. The molecule has 0 spiro atoms. The van der Waals surface area contributed by atoms with Gasteiger partial charge in [-0.1, -0.05) is 0 Å². The smallest absolute Gasteiger partial charge is 0.341 e. The molecule has 0 radical (unpaired) electrons. The third-order valence-electron chi connectivity index (χ3n) is 7.69. The number of aromatic nitrogens is 4. The molecular weight excluding hydrogens is 520 g/mol. The molecule has 12 heteroatoms. The van der Waals surface area contributed by atoms with Gasteiger partial charge in [-0.25, -0.2) is 23.5 Å². The molecule has 10 nitrogen and oxygen atoms in total. The molecule has 0 amide bonds. The lowest BCUT2D eigenvalue weighted by Gasteiger charge is -2.24. The van der Waals surface area contributed by atoms with Gasteiger partial charge < -0.3 is 29.8 Å². The summed E-state index contributed by atoms with van der Waals surface area (Å²) in [6.07, 6.45) is 3.30. The van der Waals surface area contributed by atoms with Crippen LogP contribution in [-0.4, -0.2) is 81.9 Å². The van der Waals surface area contributed by atoms with Crippen LogP contribution in [0.3, 0.4) is 0 Å². The quantitative estimate of drug-likeness (QED) is 0.306. The number of carbonyl (C=O) groups is 1. The topological polar surface area (TPSA) is 119 Å². The van der Waals surface area contributed by atoms with Gasteiger partial charge in [0, 0.05) is 55.7 Å². The number of aromatic amines is 1. The number of pyridine rings is 3. The van der Waals surface area contributed by atoms with Crippen LogP contribution in [0.25, 0.3) is 44.1 Å². The molecule has 1 aliphatic heterocycles. The van der Waals surface area contributed by atoms with E-state index < -0.39 is 23.4 Å². The summed E-state index contributed by atoms with van der Waals surface area (Å²) in [4.78, 5) is 40.9. The van der Waals surface area contributed by atoms with Gasteiger partial charge in [0.25, 0.3) is 0 Å². The Bertz CT molecular complexity index is 1900. The highest BCUT2D eigenvalue weighted by atomic mass is 19.1. The van der Waals surface area contributed by atoms with Crippen molar-refractivity contribution in [3.8, 4) is 11.1 Å². The Morgan fingerprint density at radius 3 is 2.62 bits per heavy atom. The molecule has 5 aromatic rings. The molecular formula is C28H27F2N7O3. The first kappa shape index (κ1) is 25.7. The van der Waals surface area contributed by atoms with Gasteiger partial charge in [0.1, 0.15) is 28.8 Å². The highest BCUT2D eigenvalue weighted by Crippen LogP contribution is 2.43. The molecule has 6 rings (SSSR count). The van der Waals surface area contributed by atoms with Crippen molar-refractivity contribution >= 4 is 50.3 Å². The minimum atomic E-state index is -1.33. The minimum absolute atomic E-state index is 0.0990. The number of anilines is 2. The average Bonchev–Trinajstić information content (AvgIpc) is 3.49. The van der Waals surface area contributed by atoms with Crippen LogP contribution in [0.2, 0.25) is 0 Å². The van der Waals surface area contributed by atoms with E-state index >= 15 is 4.39 Å². The van der Waals surface area contributed by atoms with Crippen LogP contribution in [0.4, 0.5) is 20.2 Å². The van der Waals surface area contributed by atoms with E-state index in [1.54, 1.807) is 32.6 Å². The molecule has 40 heavy (non-hydrogen) atoms. The van der Waals surface area contributed by atoms with Crippen LogP contribution in [0, 0.1) is 5.82 Å². The number of halogens is 2. The van der Waals surface area contributed by atoms with Gasteiger partial charge in [-0.2, -0.15) is 0 Å². The number of fused-ring (bicyclic) bond motifs is 4. The van der Waals surface area contributed by atoms with E-state index in [2.05, 4.69) is 20.3 Å². The van der Waals surface area contributed by atoms with Gasteiger partial charge in [-0.05, 0) is 32.3 Å². The molecule has 0 bridgehead atoms. The van der Waals surface area contributed by atoms with Crippen LogP contribution in [0.15, 0.2) is 41.6 Å². The van der Waals surface area contributed by atoms with Crippen molar-refractivity contribution in [1.82, 2.24) is 24.4 Å². The molecule has 0 saturated carbocycles. The Labute approximate surface area is 226 Å². The predicted octanol–water partition coefficient (Wildman–Crippen LogP) is 3.60. The second-order valence-electron chi connectivity index (χ2n) is 10.3. The van der Waals surface area contributed by atoms with Crippen molar-refractivity contribution in [2.24, 2.45) is 7.05 Å². The van der Waals surface area contributed by atoms with Crippen molar-refractivity contribution in [3.63, 3.8) is 0 Å². The second-order valence-corrected chi connectivity index (χ2v) is 10.3. The number of nitrogens with zero attached hydrogens (tertiary/aromatic N) is 5. The highest BCUT2D eigenvalue weighted by molar-refractivity contribution is 6.18. The SMILES string of the molecule is CNc1cc(F)cc2c1[nH]c1ncc(-c3cnc4c(c3)c(=O)c(C(=O)O)cn4C)c(N3C[C@H](F)[C@@H](N(C)C)C3)c12. The molecule has 5 heterocycles. The fourth-order valence-corrected chi connectivity index (χ4v) is 5.73. The van der Waals surface area contributed by atoms with Gasteiger partial charge >= 0.3 is 5.97 Å². The molecule has 4 aromatic heterocycles. The van der Waals surface area contributed by atoms with E-state index in [-0.39, 0.29) is 23.5 Å². The van der Waals surface area contributed by atoms with E-state index in [0.29, 0.717) is 56.6 Å². The van der Waals surface area contributed by atoms with Gasteiger partial charge in [-0.3, -0.25) is 4.79 Å². The normalized spacial score (nSPS) is 17.5. The van der Waals surface area contributed by atoms with E-state index in [9.17, 15) is 19.1 Å². The average molecular weight is 548 g/mol. The zero-order chi connectivity index (χ0) is 28.5. The first-order chi connectivity index (χ1) is 19.1. The van der Waals surface area contributed by atoms with Crippen molar-refractivity contribution in [2.75, 3.05) is 44.4 Å². The summed E-state index contributed by atoms with van der Waals surface area (Å²) in [6.45, 7) is 0.467. The van der Waals surface area contributed by atoms with Crippen LogP contribution in [0.5, 0.6) is 0 Å². The molecule has 0 aliphatic carbocycles. The lowest BCUT2D eigenvalue weighted by molar-refractivity contribution is 0.0695. The first-order valence-electron chi connectivity index (χ1n) is 12.7. The lowest BCUT2D eigenvalue weighted by atomic mass is 10.0. The van der Waals surface area contributed by atoms with Crippen LogP contribution < -0.4 is 15.6 Å². The zero-order valence-corrected chi connectivity index (χ0v) is 22.3. The predicted molar refractivity (Wildman–Crippen MR) is 151 cm³/mol. The Hall–Kier alpha value is -4.58. The summed E-state index contributed by atoms with van der Waals surface area (Å²) in [5.74, 6) is -1.78. The summed E-state index contributed by atoms with van der Waals surface area (Å²) in [6, 6.07) is 4.02. The van der Waals surface area contributed by atoms with E-state index in [0.717, 1.165) is 0 Å². The number of H-pyrrole nitrogens is 1. The van der Waals surface area contributed by atoms with Crippen LogP contribution >= 0.6 is 0 Å². The Kier molecular flexibility index (Phi) is 5.95. The minimum Gasteiger partial charge on any atom is -0.477 e. The molecule has 1 aliphatic rings. The van der Waals surface area contributed by atoms with Gasteiger partial charge in [0.2, 0.25) is 5.43 Å². The number of aryl methyl sites for hydroxylation is 1. The Morgan fingerprint density at radius 2 is 1.95 bits per heavy atom. The van der Waals surface area contributed by atoms with Gasteiger partial charge in [-0.15, -0.1) is 0 Å². The summed E-state index contributed by atoms with van der Waals surface area (Å²) < 4.78 is 31.5. The fourth-order valence-electron chi connectivity index (χ4n) is 5.73. The van der Waals surface area contributed by atoms with Crippen LogP contribution in [0.1, 0.15) is 10.4 Å². The van der Waals surface area contributed by atoms with E-state index in [1.807, 2.05) is 23.9 Å². The maximum atomic E-state index is 15.3. The lowest BCUT2D eigenvalue weighted by Crippen LogP contribution is -2.36. The number of alkyl halides is 1. The summed E-state index contributed by atoms with van der Waals surface area (Å²) in [7, 11) is 6.97. The van der Waals surface area contributed by atoms with Crippen molar-refractivity contribution in [3.05, 3.63) is 58.4 Å².